The Morgan fingerprint density at radius 3 is 2.88 bits per heavy atom. The van der Waals surface area contributed by atoms with Gasteiger partial charge < -0.3 is 14.7 Å². The molecule has 136 valence electrons. The van der Waals surface area contributed by atoms with E-state index in [2.05, 4.69) is 22.5 Å². The second kappa shape index (κ2) is 7.29. The van der Waals surface area contributed by atoms with Crippen LogP contribution < -0.4 is 5.32 Å². The molecule has 0 aromatic carbocycles. The first-order valence-corrected chi connectivity index (χ1v) is 8.92. The second-order valence-corrected chi connectivity index (χ2v) is 7.06. The Morgan fingerprint density at radius 1 is 1.44 bits per heavy atom. The van der Waals surface area contributed by atoms with E-state index in [-0.39, 0.29) is 18.0 Å². The number of aromatic nitrogens is 3. The third-order valence-corrected chi connectivity index (χ3v) is 4.93. The highest BCUT2D eigenvalue weighted by Gasteiger charge is 2.26. The smallest absolute Gasteiger partial charge is 0.317 e. The van der Waals surface area contributed by atoms with Crippen LogP contribution in [0, 0.1) is 20.8 Å². The van der Waals surface area contributed by atoms with E-state index in [0.29, 0.717) is 13.1 Å². The van der Waals surface area contributed by atoms with Crippen LogP contribution in [0.15, 0.2) is 16.9 Å². The molecular formula is C18H27N5O2. The summed E-state index contributed by atoms with van der Waals surface area (Å²) in [5.74, 6) is 0.996. The number of nitrogens with zero attached hydrogens (tertiary/aromatic N) is 4. The molecule has 2 aromatic heterocycles. The first-order valence-electron chi connectivity index (χ1n) is 8.92. The number of urea groups is 1. The van der Waals surface area contributed by atoms with Crippen LogP contribution in [0.5, 0.6) is 0 Å². The Labute approximate surface area is 148 Å². The highest BCUT2D eigenvalue weighted by Crippen LogP contribution is 2.23. The maximum atomic E-state index is 12.6. The second-order valence-electron chi connectivity index (χ2n) is 7.06. The molecule has 0 saturated carbocycles. The highest BCUT2D eigenvalue weighted by molar-refractivity contribution is 5.74. The van der Waals surface area contributed by atoms with Gasteiger partial charge in [-0.15, -0.1) is 0 Å². The molecule has 1 saturated heterocycles. The van der Waals surface area contributed by atoms with Gasteiger partial charge in [0.05, 0.1) is 17.9 Å². The molecule has 2 atom stereocenters. The van der Waals surface area contributed by atoms with Crippen LogP contribution in [0.2, 0.25) is 0 Å². The van der Waals surface area contributed by atoms with Crippen LogP contribution in [0.3, 0.4) is 0 Å². The lowest BCUT2D eigenvalue weighted by atomic mass is 9.99. The van der Waals surface area contributed by atoms with E-state index < -0.39 is 0 Å². The van der Waals surface area contributed by atoms with Gasteiger partial charge in [-0.2, -0.15) is 5.10 Å². The van der Waals surface area contributed by atoms with Gasteiger partial charge in [-0.3, -0.25) is 4.68 Å². The molecule has 0 unspecified atom stereocenters. The van der Waals surface area contributed by atoms with Crippen molar-refractivity contribution >= 4 is 6.03 Å². The van der Waals surface area contributed by atoms with Gasteiger partial charge in [0.25, 0.3) is 0 Å². The van der Waals surface area contributed by atoms with Crippen LogP contribution in [0.1, 0.15) is 54.3 Å². The van der Waals surface area contributed by atoms with Crippen molar-refractivity contribution in [3.63, 3.8) is 0 Å². The van der Waals surface area contributed by atoms with Crippen molar-refractivity contribution in [1.82, 2.24) is 25.2 Å². The van der Waals surface area contributed by atoms with Crippen molar-refractivity contribution < 1.29 is 9.32 Å². The molecule has 7 nitrogen and oxygen atoms in total. The maximum absolute atomic E-state index is 12.6. The van der Waals surface area contributed by atoms with Crippen LogP contribution in [-0.2, 0) is 0 Å². The molecule has 25 heavy (non-hydrogen) atoms. The number of nitrogens with one attached hydrogen (secondary N) is 1. The minimum Gasteiger partial charge on any atom is -0.361 e. The maximum Gasteiger partial charge on any atom is 0.317 e. The SMILES string of the molecule is Cc1cnn([C@H]2CCCN(C(=O)NC[C@H](C)c3c(C)noc3C)C2)c1. The number of carbonyl (C=O) groups is 1. The number of likely N-dealkylation sites (tertiary alicyclic amines) is 1. The van der Waals surface area contributed by atoms with E-state index >= 15 is 0 Å². The lowest BCUT2D eigenvalue weighted by Crippen LogP contribution is -2.46. The van der Waals surface area contributed by atoms with Gasteiger partial charge in [-0.1, -0.05) is 12.1 Å². The number of piperidine rings is 1. The highest BCUT2D eigenvalue weighted by atomic mass is 16.5. The Kier molecular flexibility index (Phi) is 5.11. The van der Waals surface area contributed by atoms with E-state index in [1.807, 2.05) is 42.7 Å². The monoisotopic (exact) mass is 345 g/mol. The summed E-state index contributed by atoms with van der Waals surface area (Å²) in [6.45, 7) is 10.0. The molecule has 0 aliphatic carbocycles. The number of aryl methyl sites for hydroxylation is 3. The van der Waals surface area contributed by atoms with E-state index in [1.54, 1.807) is 0 Å². The lowest BCUT2D eigenvalue weighted by molar-refractivity contribution is 0.163. The summed E-state index contributed by atoms with van der Waals surface area (Å²) in [6, 6.07) is 0.250. The van der Waals surface area contributed by atoms with Crippen molar-refractivity contribution in [1.29, 1.82) is 0 Å². The molecule has 2 amide bonds. The standard InChI is InChI=1S/C18H27N5O2/c1-12-8-20-23(10-12)16-6-5-7-22(11-16)18(24)19-9-13(2)17-14(3)21-25-15(17)4/h8,10,13,16H,5-7,9,11H2,1-4H3,(H,19,24)/t13-,16-/m0/s1. The van der Waals surface area contributed by atoms with Crippen LogP contribution in [0.4, 0.5) is 4.79 Å². The number of amides is 2. The minimum absolute atomic E-state index is 0.00723. The number of hydrogen-bond donors (Lipinski definition) is 1. The summed E-state index contributed by atoms with van der Waals surface area (Å²) in [7, 11) is 0. The topological polar surface area (TPSA) is 76.2 Å². The summed E-state index contributed by atoms with van der Waals surface area (Å²) in [5, 5.41) is 11.5. The summed E-state index contributed by atoms with van der Waals surface area (Å²) in [4.78, 5) is 14.5. The molecule has 2 aromatic rings. The molecule has 0 bridgehead atoms. The molecule has 3 rings (SSSR count). The largest absolute Gasteiger partial charge is 0.361 e. The Balaban J connectivity index is 1.56. The number of hydrogen-bond acceptors (Lipinski definition) is 4. The molecule has 7 heteroatoms. The van der Waals surface area contributed by atoms with E-state index in [1.165, 1.54) is 0 Å². The summed E-state index contributed by atoms with van der Waals surface area (Å²) in [5.41, 5.74) is 3.13. The van der Waals surface area contributed by atoms with E-state index in [0.717, 1.165) is 42.0 Å². The van der Waals surface area contributed by atoms with Crippen LogP contribution in [0.25, 0.3) is 0 Å². The average molecular weight is 345 g/mol. The third kappa shape index (κ3) is 3.86. The van der Waals surface area contributed by atoms with Gasteiger partial charge in [0, 0.05) is 37.3 Å². The molecule has 0 radical (unpaired) electrons. The first-order chi connectivity index (χ1) is 12.0. The van der Waals surface area contributed by atoms with Gasteiger partial charge in [0.15, 0.2) is 0 Å². The van der Waals surface area contributed by atoms with Crippen molar-refractivity contribution in [2.24, 2.45) is 0 Å². The minimum atomic E-state index is -0.00723. The normalized spacial score (nSPS) is 19.0. The van der Waals surface area contributed by atoms with Crippen molar-refractivity contribution in [3.8, 4) is 0 Å². The number of carbonyl (C=O) groups excluding carboxylic acids is 1. The van der Waals surface area contributed by atoms with Gasteiger partial charge in [-0.25, -0.2) is 4.79 Å². The lowest BCUT2D eigenvalue weighted by Gasteiger charge is -2.33. The molecule has 1 aliphatic heterocycles. The molecule has 1 aliphatic rings. The van der Waals surface area contributed by atoms with Gasteiger partial charge >= 0.3 is 6.03 Å². The molecular weight excluding hydrogens is 318 g/mol. The molecule has 1 fully saturated rings. The Hall–Kier alpha value is -2.31. The zero-order valence-electron chi connectivity index (χ0n) is 15.5. The summed E-state index contributed by atoms with van der Waals surface area (Å²) >= 11 is 0. The Morgan fingerprint density at radius 2 is 2.24 bits per heavy atom. The van der Waals surface area contributed by atoms with Crippen molar-refractivity contribution in [2.75, 3.05) is 19.6 Å². The quantitative estimate of drug-likeness (QED) is 0.924. The molecule has 1 N–H and O–H groups in total. The summed E-state index contributed by atoms with van der Waals surface area (Å²) in [6.07, 6.45) is 5.96. The van der Waals surface area contributed by atoms with Crippen LogP contribution in [-0.4, -0.2) is 45.5 Å². The first kappa shape index (κ1) is 17.5. The summed E-state index contributed by atoms with van der Waals surface area (Å²) < 4.78 is 7.21. The van der Waals surface area contributed by atoms with E-state index in [9.17, 15) is 4.79 Å². The number of rotatable bonds is 4. The zero-order valence-corrected chi connectivity index (χ0v) is 15.5. The molecule has 3 heterocycles. The van der Waals surface area contributed by atoms with E-state index in [4.69, 9.17) is 4.52 Å². The average Bonchev–Trinajstić information content (AvgIpc) is 3.18. The van der Waals surface area contributed by atoms with Gasteiger partial charge in [0.1, 0.15) is 5.76 Å². The van der Waals surface area contributed by atoms with Crippen molar-refractivity contribution in [3.05, 3.63) is 35.0 Å². The molecule has 0 spiro atoms. The zero-order chi connectivity index (χ0) is 18.0. The van der Waals surface area contributed by atoms with Gasteiger partial charge in [-0.05, 0) is 39.2 Å². The van der Waals surface area contributed by atoms with Crippen molar-refractivity contribution in [2.45, 2.75) is 52.5 Å². The predicted molar refractivity (Wildman–Crippen MR) is 94.6 cm³/mol. The van der Waals surface area contributed by atoms with Gasteiger partial charge in [0.2, 0.25) is 0 Å². The fourth-order valence-corrected chi connectivity index (χ4v) is 3.64. The third-order valence-electron chi connectivity index (χ3n) is 4.93. The van der Waals surface area contributed by atoms with Crippen LogP contribution >= 0.6 is 0 Å². The predicted octanol–water partition coefficient (Wildman–Crippen LogP) is 2.95. The fraction of sp³-hybridized carbons (Fsp3) is 0.611. The Bertz CT molecular complexity index is 716. The fourth-order valence-electron chi connectivity index (χ4n) is 3.64.